The average molecular weight is 511 g/mol. The molecule has 1 saturated carbocycles. The topological polar surface area (TPSA) is 142 Å². The summed E-state index contributed by atoms with van der Waals surface area (Å²) in [6.07, 6.45) is 4.08. The van der Waals surface area contributed by atoms with Gasteiger partial charge in [0.25, 0.3) is 10.0 Å². The molecule has 2 heterocycles. The second-order valence-corrected chi connectivity index (χ2v) is 13.5. The third kappa shape index (κ3) is 4.83. The van der Waals surface area contributed by atoms with Crippen LogP contribution in [0.4, 0.5) is 11.4 Å². The maximum atomic E-state index is 13.7. The Labute approximate surface area is 200 Å². The highest BCUT2D eigenvalue weighted by Gasteiger charge is 2.54. The van der Waals surface area contributed by atoms with Crippen LogP contribution in [0.1, 0.15) is 46.5 Å². The number of fused-ring (bicyclic) bond motifs is 1. The third-order valence-electron chi connectivity index (χ3n) is 6.48. The van der Waals surface area contributed by atoms with Crippen molar-refractivity contribution in [3.8, 4) is 0 Å². The van der Waals surface area contributed by atoms with Crippen LogP contribution >= 0.6 is 0 Å². The number of nitrogens with one attached hydrogen (secondary N) is 2. The molecule has 1 aliphatic carbocycles. The number of ketones is 1. The number of piperidine rings is 1. The van der Waals surface area contributed by atoms with Gasteiger partial charge in [-0.3, -0.25) is 14.3 Å². The minimum Gasteiger partial charge on any atom is -0.341 e. The first-order valence-electron chi connectivity index (χ1n) is 11.3. The number of rotatable bonds is 7. The van der Waals surface area contributed by atoms with Crippen LogP contribution in [-0.2, 0) is 29.6 Å². The number of benzene rings is 1. The van der Waals surface area contributed by atoms with Gasteiger partial charge >= 0.3 is 0 Å². The van der Waals surface area contributed by atoms with Crippen LogP contribution in [0.3, 0.4) is 0 Å². The summed E-state index contributed by atoms with van der Waals surface area (Å²) in [6.45, 7) is 6.32. The Morgan fingerprint density at radius 2 is 1.94 bits per heavy atom. The molecule has 12 heteroatoms. The van der Waals surface area contributed by atoms with Gasteiger partial charge in [0.2, 0.25) is 15.9 Å². The summed E-state index contributed by atoms with van der Waals surface area (Å²) in [5.41, 5.74) is -0.600. The van der Waals surface area contributed by atoms with Gasteiger partial charge in [0, 0.05) is 23.7 Å². The minimum atomic E-state index is -4.28. The molecule has 0 spiro atoms. The molecular formula is C22H30N4O6S2. The van der Waals surface area contributed by atoms with Gasteiger partial charge in [0.15, 0.2) is 11.7 Å². The predicted octanol–water partition coefficient (Wildman–Crippen LogP) is 2.20. The van der Waals surface area contributed by atoms with Gasteiger partial charge in [-0.2, -0.15) is 8.42 Å². The summed E-state index contributed by atoms with van der Waals surface area (Å²) in [7, 11) is -7.90. The molecule has 2 fully saturated rings. The van der Waals surface area contributed by atoms with Crippen LogP contribution in [0.25, 0.3) is 0 Å². The molecular weight excluding hydrogens is 480 g/mol. The minimum absolute atomic E-state index is 0.0660. The lowest BCUT2D eigenvalue weighted by molar-refractivity contribution is -0.152. The summed E-state index contributed by atoms with van der Waals surface area (Å²) >= 11 is 0. The molecule has 186 valence electrons. The summed E-state index contributed by atoms with van der Waals surface area (Å²) in [5, 5.41) is 2.88. The van der Waals surface area contributed by atoms with Gasteiger partial charge in [-0.1, -0.05) is 20.8 Å². The average Bonchev–Trinajstić information content (AvgIpc) is 3.54. The number of carbonyl (C=O) groups excluding carboxylic acids is 2. The zero-order valence-electron chi connectivity index (χ0n) is 19.7. The first-order valence-corrected chi connectivity index (χ1v) is 14.6. The second-order valence-electron chi connectivity index (χ2n) is 10.1. The van der Waals surface area contributed by atoms with E-state index in [2.05, 4.69) is 28.3 Å². The lowest BCUT2D eigenvalue weighted by atomic mass is 9.71. The molecule has 2 aliphatic heterocycles. The van der Waals surface area contributed by atoms with Crippen molar-refractivity contribution in [1.82, 2.24) is 4.90 Å². The van der Waals surface area contributed by atoms with Crippen molar-refractivity contribution in [3.05, 3.63) is 18.2 Å². The molecule has 10 nitrogen and oxygen atoms in total. The number of carbonyl (C=O) groups is 2. The molecule has 0 radical (unpaired) electrons. The first-order chi connectivity index (χ1) is 15.7. The van der Waals surface area contributed by atoms with Gasteiger partial charge in [-0.25, -0.2) is 8.42 Å². The smallest absolute Gasteiger partial charge is 0.286 e. The highest BCUT2D eigenvalue weighted by atomic mass is 32.2. The molecule has 1 saturated heterocycles. The van der Waals surface area contributed by atoms with Gasteiger partial charge < -0.3 is 10.2 Å². The van der Waals surface area contributed by atoms with Crippen molar-refractivity contribution in [2.24, 2.45) is 21.6 Å². The molecule has 0 aromatic heterocycles. The number of Topliss-reactive ketones (excluding diaryl/α,β-unsaturated/α-hetero) is 1. The molecule has 1 aromatic rings. The van der Waals surface area contributed by atoms with Gasteiger partial charge in [0.05, 0.1) is 11.9 Å². The number of hydrogen-bond donors (Lipinski definition) is 2. The fourth-order valence-electron chi connectivity index (χ4n) is 4.49. The van der Waals surface area contributed by atoms with E-state index in [4.69, 9.17) is 0 Å². The SMILES string of the molecule is CC(C)CCC1(C)CN(C2CC2)C(=O)C(C2=NS(=O)(=O)c3cc(NS(C)(=O)=O)ccc3N2)C1=O. The summed E-state index contributed by atoms with van der Waals surface area (Å²) in [4.78, 5) is 28.5. The maximum Gasteiger partial charge on any atom is 0.286 e. The largest absolute Gasteiger partial charge is 0.341 e. The Kier molecular flexibility index (Phi) is 6.04. The van der Waals surface area contributed by atoms with E-state index in [9.17, 15) is 26.4 Å². The number of amidine groups is 1. The standard InChI is InChI=1S/C22H30N4O6S2/c1-13(2)9-10-22(3)12-26(15-6-7-15)21(28)18(19(22)27)20-23-16-8-5-14(24-33(4,29)30)11-17(16)34(31,32)25-20/h5,8,11,13,15,18,24H,6-7,9-10,12H2,1-4H3,(H,23,25). The van der Waals surface area contributed by atoms with E-state index in [1.165, 1.54) is 12.1 Å². The van der Waals surface area contributed by atoms with E-state index >= 15 is 0 Å². The lowest BCUT2D eigenvalue weighted by Crippen LogP contribution is -2.60. The summed E-state index contributed by atoms with van der Waals surface area (Å²) < 4.78 is 55.1. The highest BCUT2D eigenvalue weighted by molar-refractivity contribution is 7.92. The number of nitrogens with zero attached hydrogens (tertiary/aromatic N) is 2. The first kappa shape index (κ1) is 24.6. The van der Waals surface area contributed by atoms with Crippen molar-refractivity contribution in [1.29, 1.82) is 0 Å². The zero-order chi connectivity index (χ0) is 25.1. The van der Waals surface area contributed by atoms with Crippen LogP contribution in [0.2, 0.25) is 0 Å². The van der Waals surface area contributed by atoms with Crippen molar-refractivity contribution in [2.75, 3.05) is 22.8 Å². The van der Waals surface area contributed by atoms with Crippen LogP contribution in [0.5, 0.6) is 0 Å². The normalized spacial score (nSPS) is 26.7. The van der Waals surface area contributed by atoms with Crippen LogP contribution in [0.15, 0.2) is 27.5 Å². The van der Waals surface area contributed by atoms with Crippen molar-refractivity contribution < 1.29 is 26.4 Å². The summed E-state index contributed by atoms with van der Waals surface area (Å²) in [5.74, 6) is -1.90. The molecule has 0 bridgehead atoms. The fourth-order valence-corrected chi connectivity index (χ4v) is 6.22. The Hall–Kier alpha value is -2.47. The molecule has 1 aromatic carbocycles. The quantitative estimate of drug-likeness (QED) is 0.536. The van der Waals surface area contributed by atoms with E-state index < -0.39 is 37.3 Å². The Bertz CT molecular complexity index is 1280. The highest BCUT2D eigenvalue weighted by Crippen LogP contribution is 2.42. The molecule has 2 N–H and O–H groups in total. The number of anilines is 2. The van der Waals surface area contributed by atoms with Gasteiger partial charge in [-0.05, 0) is 49.8 Å². The number of amides is 1. The van der Waals surface area contributed by atoms with E-state index in [0.29, 0.717) is 18.9 Å². The van der Waals surface area contributed by atoms with Crippen LogP contribution in [-0.4, -0.2) is 58.1 Å². The number of sulfonamides is 2. The van der Waals surface area contributed by atoms with Crippen LogP contribution in [0, 0.1) is 17.3 Å². The molecule has 4 rings (SSSR count). The predicted molar refractivity (Wildman–Crippen MR) is 129 cm³/mol. The van der Waals surface area contributed by atoms with Crippen molar-refractivity contribution >= 4 is 48.9 Å². The lowest BCUT2D eigenvalue weighted by Gasteiger charge is -2.43. The van der Waals surface area contributed by atoms with E-state index in [1.54, 1.807) is 4.90 Å². The number of hydrogen-bond acceptors (Lipinski definition) is 7. The summed E-state index contributed by atoms with van der Waals surface area (Å²) in [6, 6.07) is 4.02. The Morgan fingerprint density at radius 1 is 1.26 bits per heavy atom. The van der Waals surface area contributed by atoms with Crippen LogP contribution < -0.4 is 10.0 Å². The zero-order valence-corrected chi connectivity index (χ0v) is 21.3. The molecule has 34 heavy (non-hydrogen) atoms. The van der Waals surface area contributed by atoms with E-state index in [0.717, 1.165) is 31.6 Å². The van der Waals surface area contributed by atoms with Crippen molar-refractivity contribution in [3.63, 3.8) is 0 Å². The molecule has 2 unspecified atom stereocenters. The molecule has 1 amide bonds. The van der Waals surface area contributed by atoms with Gasteiger partial charge in [-0.15, -0.1) is 4.40 Å². The Morgan fingerprint density at radius 3 is 2.53 bits per heavy atom. The third-order valence-corrected chi connectivity index (χ3v) is 8.42. The maximum absolute atomic E-state index is 13.7. The van der Waals surface area contributed by atoms with Crippen molar-refractivity contribution in [2.45, 2.75) is 57.4 Å². The monoisotopic (exact) mass is 510 g/mol. The van der Waals surface area contributed by atoms with Gasteiger partial charge in [0.1, 0.15) is 10.7 Å². The second kappa shape index (κ2) is 8.33. The number of likely N-dealkylation sites (tertiary alicyclic amines) is 1. The Balaban J connectivity index is 1.71. The molecule has 3 aliphatic rings. The van der Waals surface area contributed by atoms with E-state index in [-0.39, 0.29) is 33.9 Å². The molecule has 2 atom stereocenters. The van der Waals surface area contributed by atoms with E-state index in [1.807, 2.05) is 6.92 Å². The fraction of sp³-hybridized carbons (Fsp3) is 0.591.